The van der Waals surface area contributed by atoms with Gasteiger partial charge in [-0.25, -0.2) is 0 Å². The second-order valence-corrected chi connectivity index (χ2v) is 10.3. The molecule has 0 unspecified atom stereocenters. The molecule has 0 radical (unpaired) electrons. The number of hydrogen-bond donors (Lipinski definition) is 0. The molecule has 0 saturated carbocycles. The summed E-state index contributed by atoms with van der Waals surface area (Å²) < 4.78 is 0. The van der Waals surface area contributed by atoms with E-state index in [4.69, 9.17) is 0 Å². The van der Waals surface area contributed by atoms with E-state index >= 15 is 0 Å². The van der Waals surface area contributed by atoms with E-state index in [1.807, 2.05) is 17.0 Å². The van der Waals surface area contributed by atoms with Crippen molar-refractivity contribution in [1.29, 1.82) is 0 Å². The molecule has 1 spiro atoms. The SMILES string of the molecule is O=C(c1ccc(N2CCC3(C=Cc4ccccc43)CC2)nn1)N1CCC(Cc2ccccc2)CC1. The van der Waals surface area contributed by atoms with Crippen LogP contribution in [0.4, 0.5) is 5.82 Å². The van der Waals surface area contributed by atoms with Crippen molar-refractivity contribution in [3.05, 3.63) is 95.2 Å². The number of nitrogens with zero attached hydrogens (tertiary/aromatic N) is 4. The molecule has 3 aliphatic rings. The zero-order chi connectivity index (χ0) is 23.7. The number of anilines is 1. The number of amides is 1. The Labute approximate surface area is 207 Å². The van der Waals surface area contributed by atoms with Crippen LogP contribution in [-0.2, 0) is 11.8 Å². The van der Waals surface area contributed by atoms with Crippen LogP contribution in [-0.4, -0.2) is 47.2 Å². The molecular formula is C30H32N4O. The van der Waals surface area contributed by atoms with Gasteiger partial charge in [0.2, 0.25) is 0 Å². The maximum atomic E-state index is 13.0. The van der Waals surface area contributed by atoms with Crippen LogP contribution in [0.5, 0.6) is 0 Å². The lowest BCUT2D eigenvalue weighted by molar-refractivity contribution is 0.0683. The van der Waals surface area contributed by atoms with Crippen molar-refractivity contribution in [1.82, 2.24) is 15.1 Å². The second kappa shape index (κ2) is 9.29. The predicted octanol–water partition coefficient (Wildman–Crippen LogP) is 5.14. The molecule has 2 aliphatic heterocycles. The molecule has 3 aromatic rings. The monoisotopic (exact) mass is 464 g/mol. The zero-order valence-electron chi connectivity index (χ0n) is 20.1. The van der Waals surface area contributed by atoms with Gasteiger partial charge in [0.05, 0.1) is 0 Å². The van der Waals surface area contributed by atoms with Gasteiger partial charge in [0, 0.05) is 31.6 Å². The first-order chi connectivity index (χ1) is 17.2. The van der Waals surface area contributed by atoms with E-state index in [9.17, 15) is 4.79 Å². The molecule has 35 heavy (non-hydrogen) atoms. The van der Waals surface area contributed by atoms with E-state index in [0.717, 1.165) is 64.1 Å². The number of benzene rings is 2. The third-order valence-electron chi connectivity index (χ3n) is 8.20. The van der Waals surface area contributed by atoms with Crippen LogP contribution in [0.3, 0.4) is 0 Å². The fraction of sp³-hybridized carbons (Fsp3) is 0.367. The number of fused-ring (bicyclic) bond motifs is 2. The standard InChI is InChI=1S/C30H32N4O/c35-29(34-18-13-24(14-19-34)22-23-6-2-1-3-7-23)27-10-11-28(32-31-27)33-20-16-30(17-21-33)15-12-25-8-4-5-9-26(25)30/h1-12,15,24H,13-14,16-22H2. The normalized spacial score (nSPS) is 19.2. The van der Waals surface area contributed by atoms with Crippen LogP contribution >= 0.6 is 0 Å². The zero-order valence-corrected chi connectivity index (χ0v) is 20.1. The molecule has 178 valence electrons. The second-order valence-electron chi connectivity index (χ2n) is 10.3. The Kier molecular flexibility index (Phi) is 5.85. The maximum absolute atomic E-state index is 13.0. The highest BCUT2D eigenvalue weighted by Gasteiger charge is 2.38. The van der Waals surface area contributed by atoms with Crippen molar-refractivity contribution in [2.45, 2.75) is 37.5 Å². The van der Waals surface area contributed by atoms with Gasteiger partial charge in [0.1, 0.15) is 0 Å². The minimum Gasteiger partial charge on any atom is -0.355 e. The molecule has 0 bridgehead atoms. The first kappa shape index (κ1) is 22.0. The fourth-order valence-corrected chi connectivity index (χ4v) is 6.06. The number of carbonyl (C=O) groups is 1. The highest BCUT2D eigenvalue weighted by molar-refractivity contribution is 5.92. The highest BCUT2D eigenvalue weighted by Crippen LogP contribution is 2.44. The van der Waals surface area contributed by atoms with Crippen LogP contribution in [0, 0.1) is 5.92 Å². The van der Waals surface area contributed by atoms with E-state index in [-0.39, 0.29) is 11.3 Å². The summed E-state index contributed by atoms with van der Waals surface area (Å²) in [6, 6.07) is 23.2. The van der Waals surface area contributed by atoms with Gasteiger partial charge in [0.15, 0.2) is 11.5 Å². The van der Waals surface area contributed by atoms with E-state index in [1.165, 1.54) is 16.7 Å². The highest BCUT2D eigenvalue weighted by atomic mass is 16.2. The molecule has 2 fully saturated rings. The third-order valence-corrected chi connectivity index (χ3v) is 8.20. The van der Waals surface area contributed by atoms with Crippen molar-refractivity contribution in [3.8, 4) is 0 Å². The molecule has 2 saturated heterocycles. The van der Waals surface area contributed by atoms with Crippen LogP contribution in [0.25, 0.3) is 6.08 Å². The molecule has 2 aromatic carbocycles. The number of aromatic nitrogens is 2. The molecule has 0 N–H and O–H groups in total. The van der Waals surface area contributed by atoms with Crippen molar-refractivity contribution < 1.29 is 4.79 Å². The smallest absolute Gasteiger partial charge is 0.274 e. The molecule has 0 atom stereocenters. The summed E-state index contributed by atoms with van der Waals surface area (Å²) in [5, 5.41) is 8.80. The van der Waals surface area contributed by atoms with Crippen molar-refractivity contribution in [3.63, 3.8) is 0 Å². The minimum absolute atomic E-state index is 0.00695. The largest absolute Gasteiger partial charge is 0.355 e. The van der Waals surface area contributed by atoms with Crippen LogP contribution in [0.2, 0.25) is 0 Å². The molecule has 1 aromatic heterocycles. The Hall–Kier alpha value is -3.47. The Balaban J connectivity index is 1.04. The van der Waals surface area contributed by atoms with Crippen LogP contribution in [0.15, 0.2) is 72.8 Å². The van der Waals surface area contributed by atoms with E-state index in [1.54, 1.807) is 0 Å². The Morgan fingerprint density at radius 3 is 2.34 bits per heavy atom. The number of likely N-dealkylation sites (tertiary alicyclic amines) is 1. The fourth-order valence-electron chi connectivity index (χ4n) is 6.06. The summed E-state index contributed by atoms with van der Waals surface area (Å²) in [6.45, 7) is 3.47. The van der Waals surface area contributed by atoms with Crippen molar-refractivity contribution in [2.75, 3.05) is 31.1 Å². The quantitative estimate of drug-likeness (QED) is 0.537. The molecule has 6 rings (SSSR count). The summed E-state index contributed by atoms with van der Waals surface area (Å²) >= 11 is 0. The summed E-state index contributed by atoms with van der Waals surface area (Å²) in [7, 11) is 0. The van der Waals surface area contributed by atoms with Gasteiger partial charge in [-0.15, -0.1) is 10.2 Å². The van der Waals surface area contributed by atoms with Gasteiger partial charge in [-0.1, -0.05) is 66.7 Å². The Morgan fingerprint density at radius 1 is 0.857 bits per heavy atom. The van der Waals surface area contributed by atoms with Gasteiger partial charge in [0.25, 0.3) is 5.91 Å². The molecule has 3 heterocycles. The number of allylic oxidation sites excluding steroid dienone is 1. The number of piperidine rings is 2. The molecule has 1 amide bonds. The molecule has 1 aliphatic carbocycles. The number of hydrogen-bond acceptors (Lipinski definition) is 4. The summed E-state index contributed by atoms with van der Waals surface area (Å²) in [4.78, 5) is 17.3. The van der Waals surface area contributed by atoms with Crippen LogP contribution < -0.4 is 4.90 Å². The molecule has 5 heteroatoms. The Morgan fingerprint density at radius 2 is 1.60 bits per heavy atom. The van der Waals surface area contributed by atoms with Gasteiger partial charge in [-0.3, -0.25) is 4.79 Å². The van der Waals surface area contributed by atoms with Gasteiger partial charge in [-0.2, -0.15) is 0 Å². The number of rotatable bonds is 4. The Bertz CT molecular complexity index is 1200. The number of carbonyl (C=O) groups excluding carboxylic acids is 1. The molecular weight excluding hydrogens is 432 g/mol. The molecule has 5 nitrogen and oxygen atoms in total. The van der Waals surface area contributed by atoms with Gasteiger partial charge in [-0.05, 0) is 66.8 Å². The maximum Gasteiger partial charge on any atom is 0.274 e. The predicted molar refractivity (Wildman–Crippen MR) is 139 cm³/mol. The van der Waals surface area contributed by atoms with Gasteiger partial charge >= 0.3 is 0 Å². The van der Waals surface area contributed by atoms with E-state index < -0.39 is 0 Å². The lowest BCUT2D eigenvalue weighted by atomic mass is 9.74. The van der Waals surface area contributed by atoms with E-state index in [2.05, 4.69) is 81.8 Å². The van der Waals surface area contributed by atoms with Crippen molar-refractivity contribution >= 4 is 17.8 Å². The minimum atomic E-state index is 0.00695. The summed E-state index contributed by atoms with van der Waals surface area (Å²) in [6.07, 6.45) is 9.98. The average Bonchev–Trinajstić information content (AvgIpc) is 3.28. The summed E-state index contributed by atoms with van der Waals surface area (Å²) in [5.41, 5.74) is 4.81. The van der Waals surface area contributed by atoms with E-state index in [0.29, 0.717) is 11.6 Å². The lowest BCUT2D eigenvalue weighted by Gasteiger charge is -2.39. The van der Waals surface area contributed by atoms with Crippen LogP contribution in [0.1, 0.15) is 52.9 Å². The summed E-state index contributed by atoms with van der Waals surface area (Å²) in [5.74, 6) is 1.51. The van der Waals surface area contributed by atoms with Crippen molar-refractivity contribution in [2.24, 2.45) is 5.92 Å². The average molecular weight is 465 g/mol. The third kappa shape index (κ3) is 4.36. The first-order valence-corrected chi connectivity index (χ1v) is 12.9. The van der Waals surface area contributed by atoms with Gasteiger partial charge < -0.3 is 9.80 Å². The topological polar surface area (TPSA) is 49.3 Å². The lowest BCUT2D eigenvalue weighted by Crippen LogP contribution is -2.41. The first-order valence-electron chi connectivity index (χ1n) is 12.9.